The van der Waals surface area contributed by atoms with Crippen LogP contribution >= 0.6 is 15.9 Å². The van der Waals surface area contributed by atoms with E-state index in [-0.39, 0.29) is 29.2 Å². The van der Waals surface area contributed by atoms with E-state index < -0.39 is 10.7 Å². The number of nitro benzene ring substituents is 1. The molecule has 0 atom stereocenters. The second-order valence-electron chi connectivity index (χ2n) is 4.08. The number of hydrogen-bond acceptors (Lipinski definition) is 4. The molecule has 0 aliphatic heterocycles. The van der Waals surface area contributed by atoms with Gasteiger partial charge in [0.15, 0.2) is 5.75 Å². The van der Waals surface area contributed by atoms with Crippen LogP contribution in [0, 0.1) is 27.3 Å². The van der Waals surface area contributed by atoms with E-state index >= 15 is 0 Å². The Balaban J connectivity index is 2.21. The topological polar surface area (TPSA) is 76.2 Å². The molecule has 0 unspecified atom stereocenters. The number of nitrogens with zero attached hydrogens (tertiary/aromatic N) is 2. The number of hydrogen-bond donors (Lipinski definition) is 0. The van der Waals surface area contributed by atoms with Gasteiger partial charge in [-0.05, 0) is 24.3 Å². The molecule has 0 bridgehead atoms. The first-order valence-corrected chi connectivity index (χ1v) is 6.56. The van der Waals surface area contributed by atoms with Gasteiger partial charge in [-0.15, -0.1) is 0 Å². The zero-order valence-corrected chi connectivity index (χ0v) is 12.1. The number of nitro groups is 1. The van der Waals surface area contributed by atoms with Crippen LogP contribution in [0.4, 0.5) is 10.1 Å². The van der Waals surface area contributed by atoms with Crippen molar-refractivity contribution in [3.63, 3.8) is 0 Å². The number of rotatable bonds is 4. The summed E-state index contributed by atoms with van der Waals surface area (Å²) in [5.41, 5.74) is 0.204. The molecule has 0 amide bonds. The van der Waals surface area contributed by atoms with Crippen LogP contribution in [0.2, 0.25) is 0 Å². The van der Waals surface area contributed by atoms with Gasteiger partial charge in [0.05, 0.1) is 16.6 Å². The van der Waals surface area contributed by atoms with Gasteiger partial charge in [-0.1, -0.05) is 22.0 Å². The van der Waals surface area contributed by atoms with Gasteiger partial charge in [-0.3, -0.25) is 10.1 Å². The van der Waals surface area contributed by atoms with Crippen molar-refractivity contribution < 1.29 is 14.1 Å². The van der Waals surface area contributed by atoms with Crippen molar-refractivity contribution in [1.29, 1.82) is 5.26 Å². The van der Waals surface area contributed by atoms with Crippen LogP contribution < -0.4 is 4.74 Å². The summed E-state index contributed by atoms with van der Waals surface area (Å²) < 4.78 is 19.5. The molecule has 0 saturated carbocycles. The molecule has 0 aliphatic carbocycles. The third-order valence-corrected chi connectivity index (χ3v) is 3.18. The molecule has 0 fully saturated rings. The summed E-state index contributed by atoms with van der Waals surface area (Å²) in [6.45, 7) is -0.167. The summed E-state index contributed by atoms with van der Waals surface area (Å²) in [5, 5.41) is 19.6. The molecular formula is C14H8BrFN2O3. The van der Waals surface area contributed by atoms with Crippen molar-refractivity contribution in [3.05, 3.63) is 67.9 Å². The fourth-order valence-electron chi connectivity index (χ4n) is 1.64. The molecule has 0 aliphatic rings. The van der Waals surface area contributed by atoms with Gasteiger partial charge in [-0.2, -0.15) is 5.26 Å². The summed E-state index contributed by atoms with van der Waals surface area (Å²) >= 11 is 3.14. The quantitative estimate of drug-likeness (QED) is 0.617. The van der Waals surface area contributed by atoms with Crippen LogP contribution in [0.25, 0.3) is 0 Å². The molecule has 5 nitrogen and oxygen atoms in total. The maximum Gasteiger partial charge on any atom is 0.312 e. The Labute approximate surface area is 127 Å². The van der Waals surface area contributed by atoms with E-state index in [0.29, 0.717) is 4.47 Å². The van der Waals surface area contributed by atoms with Crippen LogP contribution in [0.5, 0.6) is 5.75 Å². The Morgan fingerprint density at radius 3 is 2.71 bits per heavy atom. The van der Waals surface area contributed by atoms with E-state index in [2.05, 4.69) is 15.9 Å². The van der Waals surface area contributed by atoms with Crippen LogP contribution in [-0.4, -0.2) is 4.92 Å². The first-order valence-electron chi connectivity index (χ1n) is 5.76. The highest BCUT2D eigenvalue weighted by molar-refractivity contribution is 9.10. The van der Waals surface area contributed by atoms with Crippen molar-refractivity contribution in [1.82, 2.24) is 0 Å². The number of halogens is 2. The van der Waals surface area contributed by atoms with Gasteiger partial charge in [0.2, 0.25) is 0 Å². The van der Waals surface area contributed by atoms with E-state index in [9.17, 15) is 14.5 Å². The molecule has 0 radical (unpaired) electrons. The van der Waals surface area contributed by atoms with Crippen LogP contribution in [0.1, 0.15) is 11.1 Å². The average Bonchev–Trinajstić information content (AvgIpc) is 2.46. The molecule has 0 saturated heterocycles. The Kier molecular flexibility index (Phi) is 4.50. The molecule has 7 heteroatoms. The normalized spacial score (nSPS) is 9.95. The maximum absolute atomic E-state index is 13.7. The predicted octanol–water partition coefficient (Wildman–Crippen LogP) is 3.95. The van der Waals surface area contributed by atoms with Crippen molar-refractivity contribution in [3.8, 4) is 11.8 Å². The van der Waals surface area contributed by atoms with Gasteiger partial charge in [-0.25, -0.2) is 4.39 Å². The Morgan fingerprint density at radius 1 is 1.33 bits per heavy atom. The first-order chi connectivity index (χ1) is 10.0. The van der Waals surface area contributed by atoms with Crippen LogP contribution in [-0.2, 0) is 6.61 Å². The highest BCUT2D eigenvalue weighted by Gasteiger charge is 2.16. The lowest BCUT2D eigenvalue weighted by molar-refractivity contribution is -0.386. The average molecular weight is 351 g/mol. The Hall–Kier alpha value is -2.46. The fraction of sp³-hybridized carbons (Fsp3) is 0.0714. The first kappa shape index (κ1) is 14.9. The van der Waals surface area contributed by atoms with Crippen LogP contribution in [0.3, 0.4) is 0 Å². The fourth-order valence-corrected chi connectivity index (χ4v) is 1.99. The molecule has 21 heavy (non-hydrogen) atoms. The van der Waals surface area contributed by atoms with E-state index in [1.54, 1.807) is 6.07 Å². The monoisotopic (exact) mass is 350 g/mol. The van der Waals surface area contributed by atoms with Gasteiger partial charge in [0, 0.05) is 16.1 Å². The highest BCUT2D eigenvalue weighted by atomic mass is 79.9. The SMILES string of the molecule is N#Cc1ccc(COc2ccc(Br)cc2[N+](=O)[O-])c(F)c1. The maximum atomic E-state index is 13.7. The standard InChI is InChI=1S/C14H8BrFN2O3/c15-11-3-4-14(13(6-11)18(19)20)21-8-10-2-1-9(7-17)5-12(10)16/h1-6H,8H2. The second kappa shape index (κ2) is 6.33. The summed E-state index contributed by atoms with van der Waals surface area (Å²) in [7, 11) is 0. The smallest absolute Gasteiger partial charge is 0.312 e. The Bertz CT molecular complexity index is 743. The summed E-state index contributed by atoms with van der Waals surface area (Å²) in [5.74, 6) is -0.541. The molecule has 106 valence electrons. The van der Waals surface area contributed by atoms with Gasteiger partial charge in [0.25, 0.3) is 0 Å². The zero-order chi connectivity index (χ0) is 15.4. The minimum atomic E-state index is -0.589. The lowest BCUT2D eigenvalue weighted by Crippen LogP contribution is -2.01. The zero-order valence-electron chi connectivity index (χ0n) is 10.5. The third-order valence-electron chi connectivity index (χ3n) is 2.68. The summed E-state index contributed by atoms with van der Waals surface area (Å²) in [6.07, 6.45) is 0. The van der Waals surface area contributed by atoms with Gasteiger partial charge >= 0.3 is 5.69 Å². The molecule has 0 spiro atoms. The van der Waals surface area contributed by atoms with E-state index in [1.807, 2.05) is 6.07 Å². The van der Waals surface area contributed by atoms with E-state index in [0.717, 1.165) is 6.07 Å². The van der Waals surface area contributed by atoms with E-state index in [4.69, 9.17) is 10.00 Å². The molecule has 2 aromatic carbocycles. The molecule has 2 aromatic rings. The van der Waals surface area contributed by atoms with Crippen molar-refractivity contribution in [2.24, 2.45) is 0 Å². The number of nitriles is 1. The number of ether oxygens (including phenoxy) is 1. The predicted molar refractivity (Wildman–Crippen MR) is 76.2 cm³/mol. The molecule has 0 N–H and O–H groups in total. The largest absolute Gasteiger partial charge is 0.482 e. The molecular weight excluding hydrogens is 343 g/mol. The molecule has 0 heterocycles. The lowest BCUT2D eigenvalue weighted by atomic mass is 10.1. The van der Waals surface area contributed by atoms with Gasteiger partial charge < -0.3 is 4.74 Å². The minimum absolute atomic E-state index is 0.0481. The van der Waals surface area contributed by atoms with Gasteiger partial charge in [0.1, 0.15) is 12.4 Å². The van der Waals surface area contributed by atoms with Crippen LogP contribution in [0.15, 0.2) is 40.9 Å². The van der Waals surface area contributed by atoms with Crippen molar-refractivity contribution in [2.75, 3.05) is 0 Å². The summed E-state index contributed by atoms with van der Waals surface area (Å²) in [6, 6.07) is 10.1. The number of benzene rings is 2. The van der Waals surface area contributed by atoms with Crippen molar-refractivity contribution >= 4 is 21.6 Å². The van der Waals surface area contributed by atoms with E-state index in [1.165, 1.54) is 24.3 Å². The third kappa shape index (κ3) is 3.55. The molecule has 0 aromatic heterocycles. The second-order valence-corrected chi connectivity index (χ2v) is 4.99. The Morgan fingerprint density at radius 2 is 2.10 bits per heavy atom. The van der Waals surface area contributed by atoms with Crippen molar-refractivity contribution in [2.45, 2.75) is 6.61 Å². The molecule has 2 rings (SSSR count). The lowest BCUT2D eigenvalue weighted by Gasteiger charge is -2.08. The minimum Gasteiger partial charge on any atom is -0.482 e. The summed E-state index contributed by atoms with van der Waals surface area (Å²) in [4.78, 5) is 10.4. The highest BCUT2D eigenvalue weighted by Crippen LogP contribution is 2.30.